The fourth-order valence-corrected chi connectivity index (χ4v) is 1.77. The van der Waals surface area contributed by atoms with E-state index < -0.39 is 0 Å². The van der Waals surface area contributed by atoms with E-state index in [1.165, 1.54) is 12.0 Å². The number of rotatable bonds is 6. The van der Waals surface area contributed by atoms with Crippen LogP contribution in [0.4, 0.5) is 0 Å². The minimum atomic E-state index is 0.491. The van der Waals surface area contributed by atoms with Gasteiger partial charge in [0.2, 0.25) is 0 Å². The maximum absolute atomic E-state index is 5.76. The molecule has 0 spiro atoms. The van der Waals surface area contributed by atoms with Gasteiger partial charge in [-0.2, -0.15) is 0 Å². The molecule has 0 amide bonds. The van der Waals surface area contributed by atoms with Gasteiger partial charge in [0.15, 0.2) is 0 Å². The van der Waals surface area contributed by atoms with Crippen LogP contribution >= 0.6 is 0 Å². The number of ether oxygens (including phenoxy) is 1. The molecule has 0 saturated heterocycles. The van der Waals surface area contributed by atoms with Crippen LogP contribution in [0.5, 0.6) is 5.75 Å². The molecule has 0 aliphatic rings. The summed E-state index contributed by atoms with van der Waals surface area (Å²) < 4.78 is 5.40. The second-order valence-electron chi connectivity index (χ2n) is 3.72. The number of hydrogen-bond donors (Lipinski definition) is 1. The van der Waals surface area contributed by atoms with Crippen LogP contribution in [0.25, 0.3) is 0 Å². The lowest BCUT2D eigenvalue weighted by Gasteiger charge is -2.14. The van der Waals surface area contributed by atoms with Gasteiger partial charge in [0, 0.05) is 0 Å². The molecule has 0 fully saturated rings. The number of benzene rings is 1. The van der Waals surface area contributed by atoms with Crippen molar-refractivity contribution in [2.45, 2.75) is 32.6 Å². The summed E-state index contributed by atoms with van der Waals surface area (Å²) >= 11 is 0. The van der Waals surface area contributed by atoms with Gasteiger partial charge in [-0.15, -0.1) is 0 Å². The molecule has 1 aromatic carbocycles. The maximum Gasteiger partial charge on any atom is 0.119 e. The van der Waals surface area contributed by atoms with Crippen molar-refractivity contribution in [3.8, 4) is 5.75 Å². The Morgan fingerprint density at radius 1 is 1.20 bits per heavy atom. The number of hydrogen-bond acceptors (Lipinski definition) is 2. The molecule has 1 atom stereocenters. The van der Waals surface area contributed by atoms with Crippen molar-refractivity contribution in [1.82, 2.24) is 0 Å². The molecule has 15 heavy (non-hydrogen) atoms. The molecule has 84 valence electrons. The summed E-state index contributed by atoms with van der Waals surface area (Å²) in [5, 5.41) is 0. The predicted octanol–water partition coefficient (Wildman–Crippen LogP) is 2.93. The standard InChI is InChI=1S/C13H21NO/c1-3-5-12(10-14)11-6-8-13(9-7-11)15-4-2/h6-9,12H,3-5,10,14H2,1-2H3. The Morgan fingerprint density at radius 2 is 1.87 bits per heavy atom. The third-order valence-electron chi connectivity index (χ3n) is 2.58. The van der Waals surface area contributed by atoms with Crippen LogP contribution in [0.1, 0.15) is 38.2 Å². The Labute approximate surface area is 92.4 Å². The van der Waals surface area contributed by atoms with E-state index in [-0.39, 0.29) is 0 Å². The van der Waals surface area contributed by atoms with Gasteiger partial charge in [-0.25, -0.2) is 0 Å². The first kappa shape index (κ1) is 12.1. The van der Waals surface area contributed by atoms with Gasteiger partial charge >= 0.3 is 0 Å². The summed E-state index contributed by atoms with van der Waals surface area (Å²) in [6.07, 6.45) is 2.33. The van der Waals surface area contributed by atoms with E-state index in [2.05, 4.69) is 19.1 Å². The van der Waals surface area contributed by atoms with Gasteiger partial charge in [-0.3, -0.25) is 0 Å². The van der Waals surface area contributed by atoms with E-state index in [4.69, 9.17) is 10.5 Å². The second kappa shape index (κ2) is 6.46. The molecule has 1 unspecified atom stereocenters. The summed E-state index contributed by atoms with van der Waals surface area (Å²) in [6.45, 7) is 5.63. The van der Waals surface area contributed by atoms with Crippen LogP contribution in [-0.2, 0) is 0 Å². The molecule has 2 heteroatoms. The Balaban J connectivity index is 2.68. The van der Waals surface area contributed by atoms with Crippen LogP contribution in [-0.4, -0.2) is 13.2 Å². The average Bonchev–Trinajstić information content (AvgIpc) is 2.28. The molecule has 0 aliphatic carbocycles. The van der Waals surface area contributed by atoms with E-state index in [1.807, 2.05) is 19.1 Å². The molecule has 0 aromatic heterocycles. The third kappa shape index (κ3) is 3.56. The van der Waals surface area contributed by atoms with Crippen molar-refractivity contribution in [3.05, 3.63) is 29.8 Å². The fraction of sp³-hybridized carbons (Fsp3) is 0.538. The van der Waals surface area contributed by atoms with Crippen LogP contribution in [0.3, 0.4) is 0 Å². The van der Waals surface area contributed by atoms with Crippen molar-refractivity contribution in [2.75, 3.05) is 13.2 Å². The van der Waals surface area contributed by atoms with Gasteiger partial charge in [0.25, 0.3) is 0 Å². The maximum atomic E-state index is 5.76. The van der Waals surface area contributed by atoms with Crippen molar-refractivity contribution in [3.63, 3.8) is 0 Å². The molecule has 0 heterocycles. The van der Waals surface area contributed by atoms with Crippen molar-refractivity contribution in [1.29, 1.82) is 0 Å². The van der Waals surface area contributed by atoms with Crippen LogP contribution in [0.2, 0.25) is 0 Å². The first-order valence-corrected chi connectivity index (χ1v) is 5.74. The summed E-state index contributed by atoms with van der Waals surface area (Å²) in [5.74, 6) is 1.43. The zero-order chi connectivity index (χ0) is 11.1. The first-order chi connectivity index (χ1) is 7.31. The fourth-order valence-electron chi connectivity index (χ4n) is 1.77. The third-order valence-corrected chi connectivity index (χ3v) is 2.58. The van der Waals surface area contributed by atoms with E-state index in [0.717, 1.165) is 18.7 Å². The summed E-state index contributed by atoms with van der Waals surface area (Å²) in [7, 11) is 0. The van der Waals surface area contributed by atoms with Gasteiger partial charge < -0.3 is 10.5 Å². The molecule has 1 aromatic rings. The average molecular weight is 207 g/mol. The Bertz CT molecular complexity index is 268. The Hall–Kier alpha value is -1.02. The summed E-state index contributed by atoms with van der Waals surface area (Å²) in [6, 6.07) is 8.30. The second-order valence-corrected chi connectivity index (χ2v) is 3.72. The lowest BCUT2D eigenvalue weighted by molar-refractivity contribution is 0.340. The van der Waals surface area contributed by atoms with E-state index in [0.29, 0.717) is 12.5 Å². The van der Waals surface area contributed by atoms with Gasteiger partial charge in [-0.05, 0) is 43.5 Å². The summed E-state index contributed by atoms with van der Waals surface area (Å²) in [5.41, 5.74) is 7.08. The molecule has 2 N–H and O–H groups in total. The quantitative estimate of drug-likeness (QED) is 0.778. The highest BCUT2D eigenvalue weighted by atomic mass is 16.5. The van der Waals surface area contributed by atoms with E-state index >= 15 is 0 Å². The smallest absolute Gasteiger partial charge is 0.119 e. The van der Waals surface area contributed by atoms with Crippen molar-refractivity contribution < 1.29 is 4.74 Å². The van der Waals surface area contributed by atoms with Crippen LogP contribution in [0, 0.1) is 0 Å². The Kier molecular flexibility index (Phi) is 5.19. The lowest BCUT2D eigenvalue weighted by atomic mass is 9.95. The molecule has 2 nitrogen and oxygen atoms in total. The molecular formula is C13H21NO. The molecule has 0 saturated carbocycles. The minimum Gasteiger partial charge on any atom is -0.494 e. The molecule has 0 radical (unpaired) electrons. The van der Waals surface area contributed by atoms with E-state index in [1.54, 1.807) is 0 Å². The zero-order valence-corrected chi connectivity index (χ0v) is 9.70. The zero-order valence-electron chi connectivity index (χ0n) is 9.70. The lowest BCUT2D eigenvalue weighted by Crippen LogP contribution is -2.12. The summed E-state index contributed by atoms with van der Waals surface area (Å²) in [4.78, 5) is 0. The highest BCUT2D eigenvalue weighted by Crippen LogP contribution is 2.22. The molecular weight excluding hydrogens is 186 g/mol. The number of nitrogens with two attached hydrogens (primary N) is 1. The monoisotopic (exact) mass is 207 g/mol. The predicted molar refractivity (Wildman–Crippen MR) is 64.3 cm³/mol. The van der Waals surface area contributed by atoms with Crippen molar-refractivity contribution >= 4 is 0 Å². The normalized spacial score (nSPS) is 12.5. The molecule has 1 rings (SSSR count). The molecule has 0 bridgehead atoms. The van der Waals surface area contributed by atoms with Gasteiger partial charge in [-0.1, -0.05) is 25.5 Å². The van der Waals surface area contributed by atoms with Crippen LogP contribution < -0.4 is 10.5 Å². The highest BCUT2D eigenvalue weighted by Gasteiger charge is 2.07. The van der Waals surface area contributed by atoms with Gasteiger partial charge in [0.1, 0.15) is 5.75 Å². The highest BCUT2D eigenvalue weighted by molar-refractivity contribution is 5.29. The van der Waals surface area contributed by atoms with Crippen molar-refractivity contribution in [2.24, 2.45) is 5.73 Å². The SMILES string of the molecule is CCCC(CN)c1ccc(OCC)cc1. The molecule has 0 aliphatic heterocycles. The Morgan fingerprint density at radius 3 is 2.33 bits per heavy atom. The first-order valence-electron chi connectivity index (χ1n) is 5.74. The van der Waals surface area contributed by atoms with Gasteiger partial charge in [0.05, 0.1) is 6.61 Å². The minimum absolute atomic E-state index is 0.491. The van der Waals surface area contributed by atoms with E-state index in [9.17, 15) is 0 Å². The topological polar surface area (TPSA) is 35.2 Å². The van der Waals surface area contributed by atoms with Crippen LogP contribution in [0.15, 0.2) is 24.3 Å². The largest absolute Gasteiger partial charge is 0.494 e.